The molecule has 0 aromatic rings. The highest BCUT2D eigenvalue weighted by atomic mass is 79.9. The molecule has 82 valence electrons. The second kappa shape index (κ2) is 4.15. The third-order valence-corrected chi connectivity index (χ3v) is 3.64. The summed E-state index contributed by atoms with van der Waals surface area (Å²) in [5.74, 6) is -0.692. The van der Waals surface area contributed by atoms with Crippen LogP contribution in [-0.2, 0) is 10.3 Å². The van der Waals surface area contributed by atoms with Crippen molar-refractivity contribution in [3.05, 3.63) is 32.1 Å². The maximum Gasteiger partial charge on any atom is 0.289 e. The monoisotopic (exact) mass is 294 g/mol. The van der Waals surface area contributed by atoms with Gasteiger partial charge in [0.2, 0.25) is 10.3 Å². The molecular formula is C7H7BrN2O4S. The molecule has 15 heavy (non-hydrogen) atoms. The minimum Gasteiger partial charge on any atom is -0.401 e. The van der Waals surface area contributed by atoms with Gasteiger partial charge in [-0.3, -0.25) is 10.1 Å². The molecule has 1 unspecified atom stereocenters. The molecule has 0 aliphatic heterocycles. The van der Waals surface area contributed by atoms with Gasteiger partial charge in [-0.15, -0.1) is 0 Å². The Morgan fingerprint density at radius 2 is 2.13 bits per heavy atom. The van der Waals surface area contributed by atoms with Gasteiger partial charge in [0.25, 0.3) is 5.70 Å². The van der Waals surface area contributed by atoms with Crippen LogP contribution in [-0.4, -0.2) is 18.2 Å². The number of rotatable bonds is 1. The van der Waals surface area contributed by atoms with Crippen LogP contribution < -0.4 is 5.73 Å². The Morgan fingerprint density at radius 3 is 2.53 bits per heavy atom. The first kappa shape index (κ1) is 11.9. The topological polar surface area (TPSA) is 103 Å². The number of hydrogen-bond donors (Lipinski definition) is 1. The second-order valence-corrected chi connectivity index (χ2v) is 4.67. The highest BCUT2D eigenvalue weighted by Gasteiger charge is 2.33. The van der Waals surface area contributed by atoms with Gasteiger partial charge >= 0.3 is 0 Å². The van der Waals surface area contributed by atoms with Crippen LogP contribution in [0.4, 0.5) is 0 Å². The van der Waals surface area contributed by atoms with Crippen molar-refractivity contribution in [3.63, 3.8) is 0 Å². The quantitative estimate of drug-likeness (QED) is 0.429. The molecule has 2 N–H and O–H groups in total. The molecule has 0 amide bonds. The Bertz CT molecular complexity index is 509. The molecule has 1 aliphatic rings. The number of nitrogens with zero attached hydrogens (tertiary/aromatic N) is 1. The molecule has 0 bridgehead atoms. The van der Waals surface area contributed by atoms with Gasteiger partial charge in [0.15, 0.2) is 4.86 Å². The normalized spacial score (nSPS) is 21.3. The van der Waals surface area contributed by atoms with Gasteiger partial charge < -0.3 is 5.73 Å². The molecule has 1 atom stereocenters. The zero-order chi connectivity index (χ0) is 11.7. The average Bonchev–Trinajstić information content (AvgIpc) is 2.12. The summed E-state index contributed by atoms with van der Waals surface area (Å²) in [7, 11) is -2.65. The average molecular weight is 295 g/mol. The molecule has 1 rings (SSSR count). The number of halogens is 1. The van der Waals surface area contributed by atoms with Crippen LogP contribution in [0, 0.1) is 16.0 Å². The highest BCUT2D eigenvalue weighted by Crippen LogP contribution is 2.27. The van der Waals surface area contributed by atoms with Crippen molar-refractivity contribution in [3.8, 4) is 0 Å². The molecule has 0 radical (unpaired) electrons. The van der Waals surface area contributed by atoms with Gasteiger partial charge in [-0.25, -0.2) is 0 Å². The van der Waals surface area contributed by atoms with Crippen LogP contribution in [0.5, 0.6) is 0 Å². The first-order chi connectivity index (χ1) is 6.86. The van der Waals surface area contributed by atoms with Crippen molar-refractivity contribution in [1.82, 2.24) is 0 Å². The standard InChI is InChI=1S/C7H7BrN2O4S/c1-3-6(9)4(8)2-5(10(11)12)7(3)15(13)14/h2-3H,9H2,1H3. The lowest BCUT2D eigenvalue weighted by Gasteiger charge is -2.16. The van der Waals surface area contributed by atoms with Gasteiger partial charge in [-0.05, 0) is 15.9 Å². The van der Waals surface area contributed by atoms with E-state index in [0.717, 1.165) is 6.08 Å². The van der Waals surface area contributed by atoms with E-state index in [9.17, 15) is 18.5 Å². The van der Waals surface area contributed by atoms with Crippen LogP contribution in [0.3, 0.4) is 0 Å². The largest absolute Gasteiger partial charge is 0.401 e. The molecule has 0 fully saturated rings. The molecule has 1 aliphatic carbocycles. The van der Waals surface area contributed by atoms with Crippen molar-refractivity contribution in [2.24, 2.45) is 11.7 Å². The summed E-state index contributed by atoms with van der Waals surface area (Å²) in [5, 5.41) is 10.6. The fourth-order valence-corrected chi connectivity index (χ4v) is 2.50. The second-order valence-electron chi connectivity index (χ2n) is 2.91. The van der Waals surface area contributed by atoms with Crippen LogP contribution in [0.25, 0.3) is 0 Å². The third-order valence-electron chi connectivity index (χ3n) is 2.03. The summed E-state index contributed by atoms with van der Waals surface area (Å²) < 4.78 is 22.1. The number of nitro groups is 1. The smallest absolute Gasteiger partial charge is 0.289 e. The van der Waals surface area contributed by atoms with E-state index in [4.69, 9.17) is 5.73 Å². The van der Waals surface area contributed by atoms with E-state index in [1.807, 2.05) is 0 Å². The van der Waals surface area contributed by atoms with Crippen molar-refractivity contribution >= 4 is 31.1 Å². The Hall–Kier alpha value is -1.15. The van der Waals surface area contributed by atoms with Gasteiger partial charge in [-0.2, -0.15) is 8.42 Å². The fraction of sp³-hybridized carbons (Fsp3) is 0.286. The number of hydrogen-bond acceptors (Lipinski definition) is 5. The molecule has 0 spiro atoms. The Morgan fingerprint density at radius 1 is 1.60 bits per heavy atom. The summed E-state index contributed by atoms with van der Waals surface area (Å²) in [5.41, 5.74) is 5.40. The maximum atomic E-state index is 10.9. The predicted molar refractivity (Wildman–Crippen MR) is 58.3 cm³/mol. The molecular weight excluding hydrogens is 288 g/mol. The fourth-order valence-electron chi connectivity index (χ4n) is 1.22. The van der Waals surface area contributed by atoms with Gasteiger partial charge in [0.1, 0.15) is 0 Å². The van der Waals surface area contributed by atoms with Crippen LogP contribution >= 0.6 is 15.9 Å². The van der Waals surface area contributed by atoms with E-state index in [2.05, 4.69) is 15.9 Å². The van der Waals surface area contributed by atoms with E-state index in [0.29, 0.717) is 4.48 Å². The van der Waals surface area contributed by atoms with Crippen molar-refractivity contribution in [1.29, 1.82) is 0 Å². The van der Waals surface area contributed by atoms with Crippen LogP contribution in [0.1, 0.15) is 6.92 Å². The van der Waals surface area contributed by atoms with Crippen molar-refractivity contribution < 1.29 is 13.3 Å². The van der Waals surface area contributed by atoms with Gasteiger partial charge in [-0.1, -0.05) is 6.92 Å². The summed E-state index contributed by atoms with van der Waals surface area (Å²) in [6.45, 7) is 1.50. The highest BCUT2D eigenvalue weighted by molar-refractivity contribution is 9.11. The van der Waals surface area contributed by atoms with E-state index < -0.39 is 26.8 Å². The SMILES string of the molecule is CC1C(N)=C(Br)C=C([N+](=O)[O-])C1=S(=O)=O. The zero-order valence-electron chi connectivity index (χ0n) is 7.60. The maximum absolute atomic E-state index is 10.9. The number of allylic oxidation sites excluding steroid dienone is 4. The van der Waals surface area contributed by atoms with Crippen LogP contribution in [0.2, 0.25) is 0 Å². The Labute approximate surface area is 95.3 Å². The van der Waals surface area contributed by atoms with E-state index in [-0.39, 0.29) is 10.6 Å². The lowest BCUT2D eigenvalue weighted by molar-refractivity contribution is -0.415. The van der Waals surface area contributed by atoms with Crippen molar-refractivity contribution in [2.75, 3.05) is 0 Å². The molecule has 8 heteroatoms. The molecule has 0 saturated carbocycles. The van der Waals surface area contributed by atoms with E-state index in [1.165, 1.54) is 6.92 Å². The Balaban J connectivity index is 3.55. The minimum atomic E-state index is -2.65. The molecule has 0 saturated heterocycles. The van der Waals surface area contributed by atoms with Crippen molar-refractivity contribution in [2.45, 2.75) is 6.92 Å². The summed E-state index contributed by atoms with van der Waals surface area (Å²) in [6, 6.07) is 0. The molecule has 0 aromatic heterocycles. The third kappa shape index (κ3) is 2.10. The summed E-state index contributed by atoms with van der Waals surface area (Å²) in [6.07, 6.45) is 1.10. The van der Waals surface area contributed by atoms with E-state index >= 15 is 0 Å². The predicted octanol–water partition coefficient (Wildman–Crippen LogP) is 0.413. The Kier molecular flexibility index (Phi) is 3.30. The van der Waals surface area contributed by atoms with Gasteiger partial charge in [0, 0.05) is 22.2 Å². The number of nitrogens with two attached hydrogens (primary N) is 1. The molecule has 0 aromatic carbocycles. The molecule has 6 nitrogen and oxygen atoms in total. The van der Waals surface area contributed by atoms with E-state index in [1.54, 1.807) is 0 Å². The molecule has 0 heterocycles. The zero-order valence-corrected chi connectivity index (χ0v) is 10.0. The first-order valence-electron chi connectivity index (χ1n) is 3.84. The summed E-state index contributed by atoms with van der Waals surface area (Å²) in [4.78, 5) is 9.59. The minimum absolute atomic E-state index is 0.264. The van der Waals surface area contributed by atoms with Crippen LogP contribution in [0.15, 0.2) is 22.0 Å². The lowest BCUT2D eigenvalue weighted by Crippen LogP contribution is -2.28. The van der Waals surface area contributed by atoms with Gasteiger partial charge in [0.05, 0.1) is 4.92 Å². The summed E-state index contributed by atoms with van der Waals surface area (Å²) >= 11 is 3.04. The first-order valence-corrected chi connectivity index (χ1v) is 5.70. The lowest BCUT2D eigenvalue weighted by atomic mass is 9.97.